The van der Waals surface area contributed by atoms with Crippen molar-refractivity contribution in [3.05, 3.63) is 57.2 Å². The Balaban J connectivity index is 1.04. The van der Waals surface area contributed by atoms with E-state index in [2.05, 4.69) is 20.5 Å². The number of fused-ring (bicyclic) bond motifs is 1. The molecule has 0 saturated heterocycles. The zero-order chi connectivity index (χ0) is 28.4. The van der Waals surface area contributed by atoms with Crippen LogP contribution in [0.15, 0.2) is 41.2 Å². The number of phenols is 2. The zero-order valence-electron chi connectivity index (χ0n) is 23.7. The van der Waals surface area contributed by atoms with Gasteiger partial charge in [-0.3, -0.25) is 9.59 Å². The molecule has 220 valence electrons. The highest BCUT2D eigenvalue weighted by atomic mass is 32.1. The van der Waals surface area contributed by atoms with Crippen LogP contribution in [-0.2, 0) is 17.6 Å². The molecule has 0 aliphatic heterocycles. The SMILES string of the molecule is O=C(CCNCCc1cccc(O)c1)N(CCNCCc1ccc(O)c2[nH]c(=O)sc12)C12CC3CC(CC(C3)C1)C2. The summed E-state index contributed by atoms with van der Waals surface area (Å²) in [6, 6.07) is 10.9. The third-order valence-electron chi connectivity index (χ3n) is 9.62. The second-order valence-corrected chi connectivity index (χ2v) is 13.6. The number of amides is 1. The van der Waals surface area contributed by atoms with Crippen LogP contribution in [0.4, 0.5) is 0 Å². The molecule has 4 aliphatic rings. The number of benzene rings is 2. The lowest BCUT2D eigenvalue weighted by Gasteiger charge is -2.60. The van der Waals surface area contributed by atoms with E-state index >= 15 is 0 Å². The van der Waals surface area contributed by atoms with Gasteiger partial charge in [0.05, 0.1) is 4.70 Å². The number of carbonyl (C=O) groups excluding carboxylic acids is 1. The summed E-state index contributed by atoms with van der Waals surface area (Å²) in [5.41, 5.74) is 2.67. The first kappa shape index (κ1) is 28.2. The second kappa shape index (κ2) is 12.2. The highest BCUT2D eigenvalue weighted by molar-refractivity contribution is 7.16. The van der Waals surface area contributed by atoms with Crippen molar-refractivity contribution in [1.82, 2.24) is 20.5 Å². The van der Waals surface area contributed by atoms with E-state index in [9.17, 15) is 19.8 Å². The van der Waals surface area contributed by atoms with Crippen molar-refractivity contribution < 1.29 is 15.0 Å². The van der Waals surface area contributed by atoms with Crippen molar-refractivity contribution in [3.8, 4) is 11.5 Å². The molecular weight excluding hydrogens is 536 g/mol. The maximum Gasteiger partial charge on any atom is 0.305 e. The first-order valence-corrected chi connectivity index (χ1v) is 16.0. The van der Waals surface area contributed by atoms with Gasteiger partial charge in [0.1, 0.15) is 17.0 Å². The molecule has 4 aliphatic carbocycles. The van der Waals surface area contributed by atoms with Gasteiger partial charge in [0.15, 0.2) is 0 Å². The summed E-state index contributed by atoms with van der Waals surface area (Å²) in [6.07, 6.45) is 9.60. The van der Waals surface area contributed by atoms with Gasteiger partial charge in [-0.15, -0.1) is 0 Å². The molecular formula is C32H42N4O4S. The molecule has 5 N–H and O–H groups in total. The Hall–Kier alpha value is -2.88. The van der Waals surface area contributed by atoms with E-state index in [-0.39, 0.29) is 27.8 Å². The molecule has 8 nitrogen and oxygen atoms in total. The van der Waals surface area contributed by atoms with Crippen molar-refractivity contribution in [1.29, 1.82) is 0 Å². The molecule has 1 heterocycles. The second-order valence-electron chi connectivity index (χ2n) is 12.6. The first-order chi connectivity index (χ1) is 19.9. The molecule has 2 aromatic carbocycles. The molecule has 9 heteroatoms. The normalized spacial score (nSPS) is 24.7. The highest BCUT2D eigenvalue weighted by Gasteiger charge is 2.54. The minimum absolute atomic E-state index is 0.0233. The minimum Gasteiger partial charge on any atom is -0.508 e. The summed E-state index contributed by atoms with van der Waals surface area (Å²) >= 11 is 1.14. The first-order valence-electron chi connectivity index (χ1n) is 15.2. The molecule has 4 fully saturated rings. The van der Waals surface area contributed by atoms with Gasteiger partial charge in [-0.1, -0.05) is 29.5 Å². The largest absolute Gasteiger partial charge is 0.508 e. The summed E-state index contributed by atoms with van der Waals surface area (Å²) in [7, 11) is 0. The van der Waals surface area contributed by atoms with Crippen LogP contribution in [0.1, 0.15) is 56.1 Å². The van der Waals surface area contributed by atoms with E-state index < -0.39 is 0 Å². The Kier molecular flexibility index (Phi) is 8.38. The molecule has 3 aromatic rings. The van der Waals surface area contributed by atoms with E-state index in [1.54, 1.807) is 18.2 Å². The average molecular weight is 579 g/mol. The smallest absolute Gasteiger partial charge is 0.305 e. The lowest BCUT2D eigenvalue weighted by Crippen LogP contribution is -2.62. The summed E-state index contributed by atoms with van der Waals surface area (Å²) in [5, 5.41) is 26.8. The average Bonchev–Trinajstić information content (AvgIpc) is 3.33. The van der Waals surface area contributed by atoms with Crippen LogP contribution >= 0.6 is 11.3 Å². The Labute approximate surface area is 245 Å². The summed E-state index contributed by atoms with van der Waals surface area (Å²) < 4.78 is 0.818. The van der Waals surface area contributed by atoms with E-state index in [4.69, 9.17) is 0 Å². The number of aromatic hydroxyl groups is 2. The number of rotatable bonds is 13. The standard InChI is InChI=1S/C32H42N4O4S/c37-26-3-1-2-21(17-26)6-9-33-11-8-28(39)36(32-18-22-14-23(19-32)16-24(15-22)20-32)13-12-34-10-7-25-4-5-27(38)29-30(25)41-31(40)35-29/h1-5,17,22-24,33-34,37-38H,6-16,18-20H2,(H,35,40). The van der Waals surface area contributed by atoms with Gasteiger partial charge in [0.2, 0.25) is 5.91 Å². The maximum atomic E-state index is 13.8. The number of aromatic nitrogens is 1. The van der Waals surface area contributed by atoms with Crippen LogP contribution in [0.25, 0.3) is 10.2 Å². The highest BCUT2D eigenvalue weighted by Crippen LogP contribution is 2.57. The van der Waals surface area contributed by atoms with E-state index in [1.807, 2.05) is 18.2 Å². The summed E-state index contributed by atoms with van der Waals surface area (Å²) in [4.78, 5) is 30.4. The van der Waals surface area contributed by atoms with Crippen LogP contribution in [-0.4, -0.2) is 64.3 Å². The fraction of sp³-hybridized carbons (Fsp3) is 0.562. The molecule has 1 aromatic heterocycles. The van der Waals surface area contributed by atoms with Crippen molar-refractivity contribution in [3.63, 3.8) is 0 Å². The van der Waals surface area contributed by atoms with Crippen LogP contribution in [0.3, 0.4) is 0 Å². The van der Waals surface area contributed by atoms with E-state index in [0.717, 1.165) is 103 Å². The minimum atomic E-state index is -0.158. The number of hydrogen-bond donors (Lipinski definition) is 5. The Bertz CT molecular complexity index is 1400. The zero-order valence-corrected chi connectivity index (χ0v) is 24.5. The molecule has 0 atom stereocenters. The van der Waals surface area contributed by atoms with Crippen molar-refractivity contribution in [2.45, 2.75) is 63.3 Å². The lowest BCUT2D eigenvalue weighted by atomic mass is 9.52. The van der Waals surface area contributed by atoms with Gasteiger partial charge in [-0.05, 0) is 112 Å². The number of aromatic amines is 1. The summed E-state index contributed by atoms with van der Waals surface area (Å²) in [5.74, 6) is 2.97. The Morgan fingerprint density at radius 3 is 2.39 bits per heavy atom. The molecule has 0 radical (unpaired) electrons. The number of nitrogens with zero attached hydrogens (tertiary/aromatic N) is 1. The predicted octanol–water partition coefficient (Wildman–Crippen LogP) is 4.15. The summed E-state index contributed by atoms with van der Waals surface area (Å²) in [6.45, 7) is 3.63. The van der Waals surface area contributed by atoms with Crippen molar-refractivity contribution in [2.24, 2.45) is 17.8 Å². The molecule has 41 heavy (non-hydrogen) atoms. The Morgan fingerprint density at radius 2 is 1.66 bits per heavy atom. The molecule has 7 rings (SSSR count). The third-order valence-corrected chi connectivity index (χ3v) is 10.6. The molecule has 0 spiro atoms. The van der Waals surface area contributed by atoms with Crippen LogP contribution < -0.4 is 15.5 Å². The van der Waals surface area contributed by atoms with Crippen LogP contribution in [0.5, 0.6) is 11.5 Å². The van der Waals surface area contributed by atoms with Crippen LogP contribution in [0.2, 0.25) is 0 Å². The topological polar surface area (TPSA) is 118 Å². The van der Waals surface area contributed by atoms with E-state index in [0.29, 0.717) is 18.5 Å². The third kappa shape index (κ3) is 6.32. The number of thiazole rings is 1. The predicted molar refractivity (Wildman–Crippen MR) is 163 cm³/mol. The van der Waals surface area contributed by atoms with Crippen molar-refractivity contribution in [2.75, 3.05) is 32.7 Å². The molecule has 1 amide bonds. The number of hydrogen-bond acceptors (Lipinski definition) is 7. The van der Waals surface area contributed by atoms with Crippen LogP contribution in [0, 0.1) is 17.8 Å². The fourth-order valence-corrected chi connectivity index (χ4v) is 9.13. The number of carbonyl (C=O) groups is 1. The monoisotopic (exact) mass is 578 g/mol. The molecule has 0 unspecified atom stereocenters. The molecule has 4 bridgehead atoms. The number of H-pyrrole nitrogens is 1. The van der Waals surface area contributed by atoms with Crippen molar-refractivity contribution >= 4 is 27.5 Å². The van der Waals surface area contributed by atoms with E-state index in [1.165, 1.54) is 19.3 Å². The van der Waals surface area contributed by atoms with Gasteiger partial charge in [0, 0.05) is 31.6 Å². The van der Waals surface area contributed by atoms with Gasteiger partial charge in [0.25, 0.3) is 0 Å². The number of phenolic OH excluding ortho intramolecular Hbond substituents is 2. The fourth-order valence-electron chi connectivity index (χ4n) is 8.23. The van der Waals surface area contributed by atoms with Gasteiger partial charge < -0.3 is 30.7 Å². The maximum absolute atomic E-state index is 13.8. The van der Waals surface area contributed by atoms with Gasteiger partial charge >= 0.3 is 4.87 Å². The Morgan fingerprint density at radius 1 is 0.951 bits per heavy atom. The van der Waals surface area contributed by atoms with Gasteiger partial charge in [-0.2, -0.15) is 0 Å². The molecule has 4 saturated carbocycles. The lowest BCUT2D eigenvalue weighted by molar-refractivity contribution is -0.150. The van der Waals surface area contributed by atoms with Gasteiger partial charge in [-0.25, -0.2) is 0 Å². The quantitative estimate of drug-likeness (QED) is 0.195. The number of nitrogens with one attached hydrogen (secondary N) is 3.